The standard InChI is InChI=1S/C36H43N5O7S/c1-6-23-20-36(23,34(44)40-49(45,46)27-13-14-27)41-21-26(48-33-28-15-12-25(47-5)18-22(28)16-17-37-33)19-29(41)31(42)39-32(43)30(35(2,3)4)38-24-10-8-7-9-11-24/h6-12,15-18,23,26-27,29-30,38H,1,13-14,19-21H2,2-5H3,(H,40,44)(H,39,42,43)/t23-,26-,29+,30-,36-/m1/s1. The van der Waals surface area contributed by atoms with Crippen LogP contribution >= 0.6 is 0 Å². The second kappa shape index (κ2) is 13.1. The summed E-state index contributed by atoms with van der Waals surface area (Å²) in [5, 5.41) is 6.82. The molecule has 6 rings (SSSR count). The first kappa shape index (κ1) is 34.4. The van der Waals surface area contributed by atoms with Crippen LogP contribution in [0.2, 0.25) is 0 Å². The highest BCUT2D eigenvalue weighted by Crippen LogP contribution is 2.53. The third kappa shape index (κ3) is 7.00. The number of imide groups is 1. The van der Waals surface area contributed by atoms with Crippen molar-refractivity contribution >= 4 is 44.2 Å². The molecule has 3 amide bonds. The van der Waals surface area contributed by atoms with Crippen molar-refractivity contribution < 1.29 is 32.3 Å². The van der Waals surface area contributed by atoms with Crippen LogP contribution in [0.1, 0.15) is 46.5 Å². The van der Waals surface area contributed by atoms with E-state index in [0.29, 0.717) is 24.5 Å². The van der Waals surface area contributed by atoms with E-state index < -0.39 is 68.1 Å². The SMILES string of the molecule is C=C[C@@H]1C[C@@]1(C(=O)NS(=O)(=O)C1CC1)N1C[C@H](Oc2nccc3cc(OC)ccc23)C[C@H]1C(=O)NC(=O)[C@@H](Nc1ccccc1)C(C)(C)C. The number of para-hydroxylation sites is 1. The summed E-state index contributed by atoms with van der Waals surface area (Å²) in [7, 11) is -2.29. The van der Waals surface area contributed by atoms with Gasteiger partial charge in [0.05, 0.1) is 18.4 Å². The average molecular weight is 690 g/mol. The van der Waals surface area contributed by atoms with E-state index in [1.807, 2.05) is 69.3 Å². The number of nitrogens with one attached hydrogen (secondary N) is 3. The molecule has 2 saturated carbocycles. The maximum absolute atomic E-state index is 14.2. The van der Waals surface area contributed by atoms with Gasteiger partial charge in [-0.05, 0) is 66.5 Å². The van der Waals surface area contributed by atoms with Gasteiger partial charge in [-0.25, -0.2) is 13.4 Å². The van der Waals surface area contributed by atoms with Gasteiger partial charge in [-0.1, -0.05) is 45.0 Å². The number of amides is 3. The molecule has 2 aliphatic carbocycles. The number of sulfonamides is 1. The number of aromatic nitrogens is 1. The zero-order chi connectivity index (χ0) is 35.1. The second-order valence-electron chi connectivity index (χ2n) is 14.2. The molecular formula is C36H43N5O7S. The lowest BCUT2D eigenvalue weighted by Crippen LogP contribution is -2.59. The maximum atomic E-state index is 14.2. The Kier molecular flexibility index (Phi) is 9.18. The van der Waals surface area contributed by atoms with Crippen molar-refractivity contribution in [1.82, 2.24) is 19.9 Å². The van der Waals surface area contributed by atoms with Gasteiger partial charge in [0.15, 0.2) is 0 Å². The van der Waals surface area contributed by atoms with Crippen molar-refractivity contribution in [3.8, 4) is 11.6 Å². The topological polar surface area (TPSA) is 156 Å². The molecule has 0 unspecified atom stereocenters. The van der Waals surface area contributed by atoms with Crippen molar-refractivity contribution in [3.05, 3.63) is 73.4 Å². The molecule has 260 valence electrons. The number of benzene rings is 2. The quantitative estimate of drug-likeness (QED) is 0.239. The van der Waals surface area contributed by atoms with Gasteiger partial charge in [0, 0.05) is 36.2 Å². The molecule has 3 aromatic rings. The molecule has 3 N–H and O–H groups in total. The molecule has 0 bridgehead atoms. The Bertz CT molecular complexity index is 1880. The number of hydrogen-bond acceptors (Lipinski definition) is 10. The lowest BCUT2D eigenvalue weighted by Gasteiger charge is -2.34. The summed E-state index contributed by atoms with van der Waals surface area (Å²) in [6, 6.07) is 14.8. The predicted octanol–water partition coefficient (Wildman–Crippen LogP) is 3.79. The first-order valence-corrected chi connectivity index (χ1v) is 18.0. The van der Waals surface area contributed by atoms with E-state index in [4.69, 9.17) is 9.47 Å². The van der Waals surface area contributed by atoms with E-state index in [1.54, 1.807) is 30.3 Å². The Morgan fingerprint density at radius 2 is 1.84 bits per heavy atom. The van der Waals surface area contributed by atoms with Crippen LogP contribution in [0.4, 0.5) is 5.69 Å². The highest BCUT2D eigenvalue weighted by atomic mass is 32.2. The average Bonchev–Trinajstić information content (AvgIpc) is 4.00. The minimum atomic E-state index is -3.87. The second-order valence-corrected chi connectivity index (χ2v) is 16.1. The van der Waals surface area contributed by atoms with E-state index in [1.165, 1.54) is 0 Å². The van der Waals surface area contributed by atoms with Crippen LogP contribution in [0.3, 0.4) is 0 Å². The number of rotatable bonds is 12. The minimum absolute atomic E-state index is 0.104. The van der Waals surface area contributed by atoms with E-state index in [9.17, 15) is 22.8 Å². The van der Waals surface area contributed by atoms with Crippen LogP contribution in [0.5, 0.6) is 11.6 Å². The molecule has 1 aromatic heterocycles. The zero-order valence-corrected chi connectivity index (χ0v) is 29.0. The zero-order valence-electron chi connectivity index (χ0n) is 28.1. The van der Waals surface area contributed by atoms with E-state index in [0.717, 1.165) is 16.5 Å². The fourth-order valence-corrected chi connectivity index (χ4v) is 8.05. The fourth-order valence-electron chi connectivity index (χ4n) is 6.69. The van der Waals surface area contributed by atoms with Crippen LogP contribution < -0.4 is 24.8 Å². The number of likely N-dealkylation sites (tertiary alicyclic amines) is 1. The normalized spacial score (nSPS) is 24.4. The van der Waals surface area contributed by atoms with Gasteiger partial charge in [-0.3, -0.25) is 29.3 Å². The summed E-state index contributed by atoms with van der Waals surface area (Å²) >= 11 is 0. The van der Waals surface area contributed by atoms with Crippen LogP contribution in [0, 0.1) is 11.3 Å². The summed E-state index contributed by atoms with van der Waals surface area (Å²) in [4.78, 5) is 48.0. The minimum Gasteiger partial charge on any atom is -0.497 e. The van der Waals surface area contributed by atoms with Crippen LogP contribution in [-0.2, 0) is 24.4 Å². The fraction of sp³-hybridized carbons (Fsp3) is 0.444. The van der Waals surface area contributed by atoms with Gasteiger partial charge in [0.25, 0.3) is 5.91 Å². The van der Waals surface area contributed by atoms with Gasteiger partial charge in [0.2, 0.25) is 27.7 Å². The Balaban J connectivity index is 1.30. The molecule has 2 heterocycles. The molecule has 1 aliphatic heterocycles. The largest absolute Gasteiger partial charge is 0.497 e. The summed E-state index contributed by atoms with van der Waals surface area (Å²) in [5.74, 6) is -1.25. The third-order valence-corrected chi connectivity index (χ3v) is 11.4. The summed E-state index contributed by atoms with van der Waals surface area (Å²) in [6.07, 6.45) is 3.96. The van der Waals surface area contributed by atoms with Gasteiger partial charge in [-0.2, -0.15) is 0 Å². The number of carbonyl (C=O) groups excluding carboxylic acids is 3. The monoisotopic (exact) mass is 689 g/mol. The number of pyridine rings is 1. The third-order valence-electron chi connectivity index (χ3n) is 9.61. The molecule has 49 heavy (non-hydrogen) atoms. The number of anilines is 1. The molecule has 3 aliphatic rings. The van der Waals surface area contributed by atoms with Gasteiger partial charge in [0.1, 0.15) is 23.4 Å². The number of fused-ring (bicyclic) bond motifs is 1. The Labute approximate surface area is 286 Å². The van der Waals surface area contributed by atoms with Gasteiger partial charge >= 0.3 is 0 Å². The molecule has 0 spiro atoms. The molecule has 12 nitrogen and oxygen atoms in total. The molecule has 2 aromatic carbocycles. The van der Waals surface area contributed by atoms with Crippen LogP contribution in [-0.4, -0.2) is 78.7 Å². The van der Waals surface area contributed by atoms with Crippen molar-refractivity contribution in [2.24, 2.45) is 11.3 Å². The van der Waals surface area contributed by atoms with E-state index >= 15 is 0 Å². The molecule has 5 atom stereocenters. The number of carbonyl (C=O) groups is 3. The maximum Gasteiger partial charge on any atom is 0.254 e. The predicted molar refractivity (Wildman–Crippen MR) is 185 cm³/mol. The molecule has 0 radical (unpaired) electrons. The Morgan fingerprint density at radius 3 is 2.47 bits per heavy atom. The molecular weight excluding hydrogens is 646 g/mol. The first-order chi connectivity index (χ1) is 23.3. The summed E-state index contributed by atoms with van der Waals surface area (Å²) < 4.78 is 39.9. The highest BCUT2D eigenvalue weighted by molar-refractivity contribution is 7.91. The molecule has 1 saturated heterocycles. The summed E-state index contributed by atoms with van der Waals surface area (Å²) in [6.45, 7) is 9.68. The molecule has 3 fully saturated rings. The van der Waals surface area contributed by atoms with Gasteiger partial charge in [-0.15, -0.1) is 6.58 Å². The number of hydrogen-bond donors (Lipinski definition) is 3. The first-order valence-electron chi connectivity index (χ1n) is 16.5. The van der Waals surface area contributed by atoms with E-state index in [-0.39, 0.29) is 19.4 Å². The van der Waals surface area contributed by atoms with Gasteiger partial charge < -0.3 is 14.8 Å². The number of methoxy groups -OCH3 is 1. The van der Waals surface area contributed by atoms with Crippen molar-refractivity contribution in [2.45, 2.75) is 75.4 Å². The number of ether oxygens (including phenoxy) is 2. The highest BCUT2D eigenvalue weighted by Gasteiger charge is 2.67. The summed E-state index contributed by atoms with van der Waals surface area (Å²) in [5.41, 5.74) is -1.22. The van der Waals surface area contributed by atoms with Crippen molar-refractivity contribution in [3.63, 3.8) is 0 Å². The lowest BCUT2D eigenvalue weighted by atomic mass is 9.85. The van der Waals surface area contributed by atoms with Crippen molar-refractivity contribution in [2.75, 3.05) is 19.0 Å². The Hall–Kier alpha value is -4.49. The van der Waals surface area contributed by atoms with Crippen LogP contribution in [0.15, 0.2) is 73.4 Å². The lowest BCUT2D eigenvalue weighted by molar-refractivity contribution is -0.136. The molecule has 13 heteroatoms. The van der Waals surface area contributed by atoms with E-state index in [2.05, 4.69) is 26.9 Å². The van der Waals surface area contributed by atoms with Crippen LogP contribution in [0.25, 0.3) is 10.8 Å². The smallest absolute Gasteiger partial charge is 0.254 e. The van der Waals surface area contributed by atoms with Crippen molar-refractivity contribution in [1.29, 1.82) is 0 Å². The number of nitrogens with zero attached hydrogens (tertiary/aromatic N) is 2. The Morgan fingerprint density at radius 1 is 1.10 bits per heavy atom.